The maximum Gasteiger partial charge on any atom is 0.224 e. The van der Waals surface area contributed by atoms with Crippen molar-refractivity contribution in [2.75, 3.05) is 33.4 Å². The van der Waals surface area contributed by atoms with Crippen molar-refractivity contribution >= 4 is 27.5 Å². The van der Waals surface area contributed by atoms with Gasteiger partial charge in [-0.15, -0.1) is 0 Å². The van der Waals surface area contributed by atoms with E-state index < -0.39 is 10.0 Å². The fourth-order valence-corrected chi connectivity index (χ4v) is 4.45. The van der Waals surface area contributed by atoms with Crippen molar-refractivity contribution in [3.8, 4) is 0 Å². The molecule has 1 saturated heterocycles. The molecule has 1 N–H and O–H groups in total. The topological polar surface area (TPSA) is 75.7 Å². The number of nitrogens with zero attached hydrogens (tertiary/aromatic N) is 1. The van der Waals surface area contributed by atoms with Gasteiger partial charge in [0.2, 0.25) is 15.9 Å². The fourth-order valence-electron chi connectivity index (χ4n) is 2.71. The summed E-state index contributed by atoms with van der Waals surface area (Å²) in [5, 5.41) is 3.35. The molecule has 2 rings (SSSR count). The van der Waals surface area contributed by atoms with E-state index in [1.807, 2.05) is 0 Å². The van der Waals surface area contributed by atoms with Crippen molar-refractivity contribution in [2.45, 2.75) is 18.6 Å². The van der Waals surface area contributed by atoms with Gasteiger partial charge in [-0.2, -0.15) is 0 Å². The molecule has 1 heterocycles. The Hall–Kier alpha value is -1.15. The van der Waals surface area contributed by atoms with Crippen LogP contribution in [-0.4, -0.2) is 52.0 Å². The van der Waals surface area contributed by atoms with Crippen molar-refractivity contribution < 1.29 is 17.9 Å². The molecular weight excluding hydrogens is 352 g/mol. The maximum atomic E-state index is 12.6. The van der Waals surface area contributed by atoms with Crippen molar-refractivity contribution in [1.29, 1.82) is 0 Å². The molecule has 24 heavy (non-hydrogen) atoms. The van der Waals surface area contributed by atoms with Crippen LogP contribution in [0.15, 0.2) is 24.3 Å². The highest BCUT2D eigenvalue weighted by Gasteiger charge is 2.32. The first-order valence-corrected chi connectivity index (χ1v) is 9.90. The first kappa shape index (κ1) is 19.2. The lowest BCUT2D eigenvalue weighted by Crippen LogP contribution is -2.46. The fraction of sp³-hybridized carbons (Fsp3) is 0.562. The van der Waals surface area contributed by atoms with Crippen LogP contribution in [0.25, 0.3) is 0 Å². The van der Waals surface area contributed by atoms with Crippen LogP contribution in [-0.2, 0) is 25.3 Å². The van der Waals surface area contributed by atoms with Crippen LogP contribution in [0.3, 0.4) is 0 Å². The van der Waals surface area contributed by atoms with Gasteiger partial charge in [0.1, 0.15) is 0 Å². The molecule has 1 aliphatic rings. The predicted molar refractivity (Wildman–Crippen MR) is 93.3 cm³/mol. The Labute approximate surface area is 148 Å². The Morgan fingerprint density at radius 1 is 1.38 bits per heavy atom. The molecule has 0 aromatic heterocycles. The van der Waals surface area contributed by atoms with Gasteiger partial charge in [0.05, 0.1) is 18.3 Å². The molecule has 0 unspecified atom stereocenters. The first-order chi connectivity index (χ1) is 11.4. The molecule has 1 aromatic carbocycles. The van der Waals surface area contributed by atoms with Crippen LogP contribution in [0.5, 0.6) is 0 Å². The number of ether oxygens (including phenoxy) is 1. The molecule has 0 bridgehead atoms. The van der Waals surface area contributed by atoms with Crippen LogP contribution >= 0.6 is 11.6 Å². The Morgan fingerprint density at radius 2 is 2.08 bits per heavy atom. The zero-order valence-electron chi connectivity index (χ0n) is 13.7. The number of carbonyl (C=O) groups excluding carboxylic acids is 1. The van der Waals surface area contributed by atoms with E-state index >= 15 is 0 Å². The minimum absolute atomic E-state index is 0.0812. The van der Waals surface area contributed by atoms with E-state index in [4.69, 9.17) is 16.3 Å². The van der Waals surface area contributed by atoms with Gasteiger partial charge in [-0.25, -0.2) is 12.7 Å². The Balaban J connectivity index is 1.97. The summed E-state index contributed by atoms with van der Waals surface area (Å²) >= 11 is 5.82. The third kappa shape index (κ3) is 5.44. The molecule has 1 atom stereocenters. The second-order valence-electron chi connectivity index (χ2n) is 5.86. The standard InChI is InChI=1S/C16H23ClN2O4S/c1-23-10-8-18-16(20)14-3-2-9-19(11-14)24(21,22)12-13-4-6-15(17)7-5-13/h4-7,14H,2-3,8-12H2,1H3,(H,18,20)/t14-/m0/s1. The summed E-state index contributed by atoms with van der Waals surface area (Å²) in [7, 11) is -1.89. The summed E-state index contributed by atoms with van der Waals surface area (Å²) in [5.41, 5.74) is 0.686. The second-order valence-corrected chi connectivity index (χ2v) is 8.27. The summed E-state index contributed by atoms with van der Waals surface area (Å²) < 4.78 is 31.5. The van der Waals surface area contributed by atoms with E-state index in [0.29, 0.717) is 43.1 Å². The third-order valence-corrected chi connectivity index (χ3v) is 6.08. The Kier molecular flexibility index (Phi) is 7.03. The number of hydrogen-bond acceptors (Lipinski definition) is 4. The number of benzene rings is 1. The minimum atomic E-state index is -3.46. The summed E-state index contributed by atoms with van der Waals surface area (Å²) in [4.78, 5) is 12.1. The number of piperidine rings is 1. The lowest BCUT2D eigenvalue weighted by Gasteiger charge is -2.31. The highest BCUT2D eigenvalue weighted by atomic mass is 35.5. The molecule has 1 aliphatic heterocycles. The van der Waals surface area contributed by atoms with Crippen LogP contribution in [0, 0.1) is 5.92 Å². The van der Waals surface area contributed by atoms with E-state index in [0.717, 1.165) is 0 Å². The average Bonchev–Trinajstić information content (AvgIpc) is 2.57. The summed E-state index contributed by atoms with van der Waals surface area (Å²) in [6.07, 6.45) is 1.38. The summed E-state index contributed by atoms with van der Waals surface area (Å²) in [6.45, 7) is 1.56. The van der Waals surface area contributed by atoms with E-state index in [-0.39, 0.29) is 24.1 Å². The Morgan fingerprint density at radius 3 is 2.75 bits per heavy atom. The highest BCUT2D eigenvalue weighted by Crippen LogP contribution is 2.22. The lowest BCUT2D eigenvalue weighted by atomic mass is 9.99. The molecule has 8 heteroatoms. The largest absolute Gasteiger partial charge is 0.383 e. The number of hydrogen-bond donors (Lipinski definition) is 1. The van der Waals surface area contributed by atoms with Gasteiger partial charge in [0.15, 0.2) is 0 Å². The molecule has 0 aliphatic carbocycles. The predicted octanol–water partition coefficient (Wildman–Crippen LogP) is 1.64. The van der Waals surface area contributed by atoms with Gasteiger partial charge in [-0.1, -0.05) is 23.7 Å². The van der Waals surface area contributed by atoms with Crippen molar-refractivity contribution in [2.24, 2.45) is 5.92 Å². The van der Waals surface area contributed by atoms with Crippen LogP contribution in [0.4, 0.5) is 0 Å². The SMILES string of the molecule is COCCNC(=O)[C@H]1CCCN(S(=O)(=O)Cc2ccc(Cl)cc2)C1. The molecule has 6 nitrogen and oxygen atoms in total. The van der Waals surface area contributed by atoms with Crippen molar-refractivity contribution in [3.05, 3.63) is 34.9 Å². The van der Waals surface area contributed by atoms with Gasteiger partial charge >= 0.3 is 0 Å². The average molecular weight is 375 g/mol. The van der Waals surface area contributed by atoms with E-state index in [9.17, 15) is 13.2 Å². The number of rotatable bonds is 7. The molecule has 0 saturated carbocycles. The second kappa shape index (κ2) is 8.80. The van der Waals surface area contributed by atoms with Gasteiger partial charge in [-0.05, 0) is 30.5 Å². The number of halogens is 1. The van der Waals surface area contributed by atoms with Crippen molar-refractivity contribution in [3.63, 3.8) is 0 Å². The molecule has 1 aromatic rings. The number of carbonyl (C=O) groups is 1. The number of nitrogens with one attached hydrogen (secondary N) is 1. The zero-order chi connectivity index (χ0) is 17.6. The van der Waals surface area contributed by atoms with Gasteiger partial charge in [0, 0.05) is 31.8 Å². The lowest BCUT2D eigenvalue weighted by molar-refractivity contribution is -0.126. The minimum Gasteiger partial charge on any atom is -0.383 e. The van der Waals surface area contributed by atoms with Gasteiger partial charge in [0.25, 0.3) is 0 Å². The van der Waals surface area contributed by atoms with E-state index in [2.05, 4.69) is 5.32 Å². The highest BCUT2D eigenvalue weighted by molar-refractivity contribution is 7.88. The smallest absolute Gasteiger partial charge is 0.224 e. The zero-order valence-corrected chi connectivity index (χ0v) is 15.3. The normalized spacial score (nSPS) is 19.2. The first-order valence-electron chi connectivity index (χ1n) is 7.91. The van der Waals surface area contributed by atoms with Gasteiger partial charge < -0.3 is 10.1 Å². The van der Waals surface area contributed by atoms with Crippen LogP contribution in [0.1, 0.15) is 18.4 Å². The van der Waals surface area contributed by atoms with E-state index in [1.165, 1.54) is 4.31 Å². The molecular formula is C16H23ClN2O4S. The third-order valence-electron chi connectivity index (χ3n) is 4.02. The van der Waals surface area contributed by atoms with Crippen LogP contribution < -0.4 is 5.32 Å². The molecule has 0 spiro atoms. The molecule has 1 fully saturated rings. The quantitative estimate of drug-likeness (QED) is 0.736. The molecule has 1 amide bonds. The number of sulfonamides is 1. The Bertz CT molecular complexity index is 649. The summed E-state index contributed by atoms with van der Waals surface area (Å²) in [6, 6.07) is 6.76. The van der Waals surface area contributed by atoms with Gasteiger partial charge in [-0.3, -0.25) is 4.79 Å². The monoisotopic (exact) mass is 374 g/mol. The number of methoxy groups -OCH3 is 1. The van der Waals surface area contributed by atoms with Crippen LogP contribution in [0.2, 0.25) is 5.02 Å². The molecule has 134 valence electrons. The summed E-state index contributed by atoms with van der Waals surface area (Å²) in [5.74, 6) is -0.503. The van der Waals surface area contributed by atoms with E-state index in [1.54, 1.807) is 31.4 Å². The molecule has 0 radical (unpaired) electrons. The van der Waals surface area contributed by atoms with Crippen molar-refractivity contribution in [1.82, 2.24) is 9.62 Å². The number of amides is 1. The maximum absolute atomic E-state index is 12.6.